The maximum Gasteiger partial charge on any atom is 0.276 e. The number of methoxy groups -OCH3 is 1. The summed E-state index contributed by atoms with van der Waals surface area (Å²) < 4.78 is 6.79. The summed E-state index contributed by atoms with van der Waals surface area (Å²) in [5.74, 6) is 0.589. The number of hydrogen-bond acceptors (Lipinski definition) is 4. The first kappa shape index (κ1) is 18.9. The molecule has 3 rings (SSSR count). The smallest absolute Gasteiger partial charge is 0.276 e. The van der Waals surface area contributed by atoms with Gasteiger partial charge in [0.1, 0.15) is 5.75 Å². The highest BCUT2D eigenvalue weighted by Gasteiger charge is 2.21. The fourth-order valence-corrected chi connectivity index (χ4v) is 2.93. The van der Waals surface area contributed by atoms with Crippen LogP contribution in [0, 0.1) is 0 Å². The van der Waals surface area contributed by atoms with Crippen molar-refractivity contribution in [2.24, 2.45) is 0 Å². The molecule has 6 nitrogen and oxygen atoms in total. The summed E-state index contributed by atoms with van der Waals surface area (Å²) >= 11 is 6.18. The third-order valence-corrected chi connectivity index (χ3v) is 4.92. The van der Waals surface area contributed by atoms with Crippen molar-refractivity contribution in [3.63, 3.8) is 0 Å². The first-order chi connectivity index (χ1) is 13.0. The Labute approximate surface area is 163 Å². The van der Waals surface area contributed by atoms with Crippen LogP contribution in [0.2, 0.25) is 5.02 Å². The number of amides is 1. The van der Waals surface area contributed by atoms with Crippen LogP contribution < -0.4 is 4.74 Å². The molecule has 0 bridgehead atoms. The molecule has 27 heavy (non-hydrogen) atoms. The van der Waals surface area contributed by atoms with E-state index in [0.717, 1.165) is 16.9 Å². The monoisotopic (exact) mass is 384 g/mol. The average molecular weight is 385 g/mol. The largest absolute Gasteiger partial charge is 0.497 e. The Balaban J connectivity index is 1.71. The molecule has 0 aliphatic rings. The van der Waals surface area contributed by atoms with Gasteiger partial charge < -0.3 is 9.64 Å². The molecule has 1 heterocycles. The number of aromatic nitrogens is 3. The van der Waals surface area contributed by atoms with E-state index in [0.29, 0.717) is 17.3 Å². The summed E-state index contributed by atoms with van der Waals surface area (Å²) in [5, 5.41) is 8.74. The number of rotatable bonds is 6. The minimum Gasteiger partial charge on any atom is -0.497 e. The maximum atomic E-state index is 12.8. The zero-order chi connectivity index (χ0) is 19.4. The van der Waals surface area contributed by atoms with Gasteiger partial charge >= 0.3 is 0 Å². The molecule has 3 aromatic rings. The number of ether oxygens (including phenoxy) is 1. The number of carbonyl (C=O) groups is 1. The topological polar surface area (TPSA) is 60.2 Å². The predicted octanol–water partition coefficient (Wildman–Crippen LogP) is 3.82. The standard InChI is InChI=1S/C20H21ClN4O2/c1-14(15-8-10-17(27-3)11-9-15)24(2)20(26)19-13-25(23-22-19)12-16-6-4-5-7-18(16)21/h4-11,13-14H,12H2,1-3H3/t14-/m0/s1. The summed E-state index contributed by atoms with van der Waals surface area (Å²) in [4.78, 5) is 14.4. The lowest BCUT2D eigenvalue weighted by atomic mass is 10.1. The van der Waals surface area contributed by atoms with Crippen molar-refractivity contribution in [2.75, 3.05) is 14.2 Å². The third-order valence-electron chi connectivity index (χ3n) is 4.55. The summed E-state index contributed by atoms with van der Waals surface area (Å²) in [6.07, 6.45) is 1.64. The van der Waals surface area contributed by atoms with Crippen LogP contribution in [0.3, 0.4) is 0 Å². The Bertz CT molecular complexity index is 924. The second-order valence-corrected chi connectivity index (χ2v) is 6.67. The van der Waals surface area contributed by atoms with Gasteiger partial charge in [0.15, 0.2) is 5.69 Å². The van der Waals surface area contributed by atoms with E-state index < -0.39 is 0 Å². The summed E-state index contributed by atoms with van der Waals surface area (Å²) in [5.41, 5.74) is 2.23. The van der Waals surface area contributed by atoms with Gasteiger partial charge in [0, 0.05) is 12.1 Å². The summed E-state index contributed by atoms with van der Waals surface area (Å²) in [6.45, 7) is 2.42. The lowest BCUT2D eigenvalue weighted by Crippen LogP contribution is -2.30. The van der Waals surface area contributed by atoms with Gasteiger partial charge in [-0.1, -0.05) is 47.1 Å². The van der Waals surface area contributed by atoms with Crippen molar-refractivity contribution in [2.45, 2.75) is 19.5 Å². The number of nitrogens with zero attached hydrogens (tertiary/aromatic N) is 4. The van der Waals surface area contributed by atoms with Crippen molar-refractivity contribution in [3.05, 3.63) is 76.6 Å². The Kier molecular flexibility index (Phi) is 5.76. The van der Waals surface area contributed by atoms with E-state index >= 15 is 0 Å². The molecule has 0 aliphatic carbocycles. The Morgan fingerprint density at radius 2 is 1.93 bits per heavy atom. The van der Waals surface area contributed by atoms with E-state index in [1.807, 2.05) is 55.5 Å². The van der Waals surface area contributed by atoms with Crippen molar-refractivity contribution in [1.82, 2.24) is 19.9 Å². The van der Waals surface area contributed by atoms with E-state index in [-0.39, 0.29) is 11.9 Å². The SMILES string of the molecule is COc1ccc([C@H](C)N(C)C(=O)c2cn(Cc3ccccc3Cl)nn2)cc1. The quantitative estimate of drug-likeness (QED) is 0.648. The van der Waals surface area contributed by atoms with Crippen LogP contribution >= 0.6 is 11.6 Å². The van der Waals surface area contributed by atoms with Gasteiger partial charge in [-0.2, -0.15) is 0 Å². The maximum absolute atomic E-state index is 12.8. The molecule has 140 valence electrons. The average Bonchev–Trinajstić information content (AvgIpc) is 3.16. The van der Waals surface area contributed by atoms with Crippen LogP contribution in [-0.4, -0.2) is 40.0 Å². The molecule has 0 unspecified atom stereocenters. The molecule has 0 aliphatic heterocycles. The second kappa shape index (κ2) is 8.22. The van der Waals surface area contributed by atoms with Crippen LogP contribution in [-0.2, 0) is 6.54 Å². The second-order valence-electron chi connectivity index (χ2n) is 6.26. The minimum atomic E-state index is -0.191. The van der Waals surface area contributed by atoms with E-state index in [2.05, 4.69) is 10.3 Å². The Hall–Kier alpha value is -2.86. The molecule has 0 spiro atoms. The Morgan fingerprint density at radius 3 is 2.59 bits per heavy atom. The van der Waals surface area contributed by atoms with Gasteiger partial charge in [-0.05, 0) is 36.2 Å². The predicted molar refractivity (Wildman–Crippen MR) is 104 cm³/mol. The van der Waals surface area contributed by atoms with Crippen molar-refractivity contribution in [1.29, 1.82) is 0 Å². The normalized spacial score (nSPS) is 11.9. The summed E-state index contributed by atoms with van der Waals surface area (Å²) in [6, 6.07) is 15.1. The molecule has 0 radical (unpaired) electrons. The van der Waals surface area contributed by atoms with Gasteiger partial charge in [0.05, 0.1) is 25.9 Å². The molecular formula is C20H21ClN4O2. The van der Waals surface area contributed by atoms with E-state index in [1.54, 1.807) is 29.9 Å². The van der Waals surface area contributed by atoms with Gasteiger partial charge in [-0.25, -0.2) is 4.68 Å². The molecule has 1 aromatic heterocycles. The summed E-state index contributed by atoms with van der Waals surface area (Å²) in [7, 11) is 3.38. The highest BCUT2D eigenvalue weighted by atomic mass is 35.5. The minimum absolute atomic E-state index is 0.114. The van der Waals surface area contributed by atoms with Crippen LogP contribution in [0.25, 0.3) is 0 Å². The van der Waals surface area contributed by atoms with E-state index in [1.165, 1.54) is 0 Å². The molecule has 0 fully saturated rings. The third kappa shape index (κ3) is 4.28. The zero-order valence-electron chi connectivity index (χ0n) is 15.5. The lowest BCUT2D eigenvalue weighted by Gasteiger charge is -2.24. The van der Waals surface area contributed by atoms with Crippen molar-refractivity contribution < 1.29 is 9.53 Å². The lowest BCUT2D eigenvalue weighted by molar-refractivity contribution is 0.0736. The highest BCUT2D eigenvalue weighted by molar-refractivity contribution is 6.31. The number of benzene rings is 2. The number of carbonyl (C=O) groups excluding carboxylic acids is 1. The fourth-order valence-electron chi connectivity index (χ4n) is 2.74. The molecule has 0 saturated carbocycles. The van der Waals surface area contributed by atoms with Crippen molar-refractivity contribution in [3.8, 4) is 5.75 Å². The van der Waals surface area contributed by atoms with Crippen LogP contribution in [0.4, 0.5) is 0 Å². The number of halogens is 1. The number of hydrogen-bond donors (Lipinski definition) is 0. The van der Waals surface area contributed by atoms with Crippen LogP contribution in [0.5, 0.6) is 5.75 Å². The van der Waals surface area contributed by atoms with Gasteiger partial charge in [-0.3, -0.25) is 4.79 Å². The van der Waals surface area contributed by atoms with Gasteiger partial charge in [0.2, 0.25) is 0 Å². The van der Waals surface area contributed by atoms with Crippen molar-refractivity contribution >= 4 is 17.5 Å². The molecular weight excluding hydrogens is 364 g/mol. The fraction of sp³-hybridized carbons (Fsp3) is 0.250. The highest BCUT2D eigenvalue weighted by Crippen LogP contribution is 2.23. The molecule has 1 atom stereocenters. The Morgan fingerprint density at radius 1 is 1.22 bits per heavy atom. The van der Waals surface area contributed by atoms with Gasteiger partial charge in [0.25, 0.3) is 5.91 Å². The molecule has 0 saturated heterocycles. The van der Waals surface area contributed by atoms with E-state index in [9.17, 15) is 4.79 Å². The first-order valence-electron chi connectivity index (χ1n) is 8.54. The van der Waals surface area contributed by atoms with Crippen LogP contribution in [0.15, 0.2) is 54.7 Å². The molecule has 7 heteroatoms. The first-order valence-corrected chi connectivity index (χ1v) is 8.92. The van der Waals surface area contributed by atoms with Crippen LogP contribution in [0.1, 0.15) is 34.6 Å². The molecule has 2 aromatic carbocycles. The molecule has 1 amide bonds. The zero-order valence-corrected chi connectivity index (χ0v) is 16.2. The van der Waals surface area contributed by atoms with Gasteiger partial charge in [-0.15, -0.1) is 5.10 Å². The molecule has 0 N–H and O–H groups in total. The van der Waals surface area contributed by atoms with E-state index in [4.69, 9.17) is 16.3 Å².